The summed E-state index contributed by atoms with van der Waals surface area (Å²) in [5, 5.41) is 7.41. The standard InChI is InChI=1S/C14H15N3O/c1-2-4-11-9(3-1)5-6-12(11)13-16-14(18-17-13)10-7-15-8-10/h1-4,10,12,15H,5-8H2. The molecule has 0 radical (unpaired) electrons. The van der Waals surface area contributed by atoms with Gasteiger partial charge in [0.15, 0.2) is 5.82 Å². The normalized spacial score (nSPS) is 22.8. The molecular formula is C14H15N3O. The number of benzene rings is 1. The third-order valence-corrected chi connectivity index (χ3v) is 4.03. The van der Waals surface area contributed by atoms with E-state index in [1.807, 2.05) is 0 Å². The van der Waals surface area contributed by atoms with E-state index in [-0.39, 0.29) is 0 Å². The van der Waals surface area contributed by atoms with Crippen molar-refractivity contribution in [2.24, 2.45) is 0 Å². The Labute approximate surface area is 105 Å². The second kappa shape index (κ2) is 3.92. The first-order valence-electron chi connectivity index (χ1n) is 6.54. The number of aromatic nitrogens is 2. The van der Waals surface area contributed by atoms with Crippen molar-refractivity contribution in [3.8, 4) is 0 Å². The van der Waals surface area contributed by atoms with Gasteiger partial charge in [-0.15, -0.1) is 0 Å². The molecule has 2 aliphatic rings. The fourth-order valence-electron chi connectivity index (χ4n) is 2.84. The molecule has 92 valence electrons. The quantitative estimate of drug-likeness (QED) is 0.871. The fourth-order valence-corrected chi connectivity index (χ4v) is 2.84. The van der Waals surface area contributed by atoms with Crippen molar-refractivity contribution >= 4 is 0 Å². The lowest BCUT2D eigenvalue weighted by atomic mass is 10.0. The van der Waals surface area contributed by atoms with Gasteiger partial charge in [-0.2, -0.15) is 4.98 Å². The summed E-state index contributed by atoms with van der Waals surface area (Å²) in [6.07, 6.45) is 2.22. The summed E-state index contributed by atoms with van der Waals surface area (Å²) in [5.41, 5.74) is 2.80. The molecule has 1 saturated heterocycles. The van der Waals surface area contributed by atoms with Crippen molar-refractivity contribution in [2.75, 3.05) is 13.1 Å². The van der Waals surface area contributed by atoms with Crippen LogP contribution < -0.4 is 5.32 Å². The first-order valence-corrected chi connectivity index (χ1v) is 6.54. The lowest BCUT2D eigenvalue weighted by Gasteiger charge is -2.22. The Morgan fingerprint density at radius 1 is 1.22 bits per heavy atom. The van der Waals surface area contributed by atoms with Crippen LogP contribution in [0, 0.1) is 0 Å². The van der Waals surface area contributed by atoms with Crippen LogP contribution in [0.3, 0.4) is 0 Å². The molecule has 0 spiro atoms. The maximum atomic E-state index is 5.39. The smallest absolute Gasteiger partial charge is 0.232 e. The number of fused-ring (bicyclic) bond motifs is 1. The van der Waals surface area contributed by atoms with Crippen molar-refractivity contribution in [2.45, 2.75) is 24.7 Å². The Hall–Kier alpha value is -1.68. The van der Waals surface area contributed by atoms with Crippen molar-refractivity contribution in [3.63, 3.8) is 0 Å². The van der Waals surface area contributed by atoms with Gasteiger partial charge in [-0.3, -0.25) is 0 Å². The maximum absolute atomic E-state index is 5.39. The Morgan fingerprint density at radius 3 is 2.94 bits per heavy atom. The SMILES string of the molecule is c1ccc2c(c1)CCC2c1noc(C2CNC2)n1. The molecule has 4 rings (SSSR count). The highest BCUT2D eigenvalue weighted by molar-refractivity contribution is 5.38. The van der Waals surface area contributed by atoms with Crippen molar-refractivity contribution in [1.82, 2.24) is 15.5 Å². The molecule has 1 aliphatic heterocycles. The minimum Gasteiger partial charge on any atom is -0.339 e. The minimum atomic E-state index is 0.326. The highest BCUT2D eigenvalue weighted by Gasteiger charge is 2.30. The Kier molecular flexibility index (Phi) is 2.23. The van der Waals surface area contributed by atoms with Crippen LogP contribution in [0.2, 0.25) is 0 Å². The van der Waals surface area contributed by atoms with E-state index >= 15 is 0 Å². The molecule has 18 heavy (non-hydrogen) atoms. The average Bonchev–Trinajstić information content (AvgIpc) is 2.92. The summed E-state index contributed by atoms with van der Waals surface area (Å²) in [4.78, 5) is 4.60. The average molecular weight is 241 g/mol. The van der Waals surface area contributed by atoms with E-state index in [4.69, 9.17) is 4.52 Å². The number of aryl methyl sites for hydroxylation is 1. The summed E-state index contributed by atoms with van der Waals surface area (Å²) >= 11 is 0. The van der Waals surface area contributed by atoms with Gasteiger partial charge >= 0.3 is 0 Å². The highest BCUT2D eigenvalue weighted by Crippen LogP contribution is 2.36. The van der Waals surface area contributed by atoms with Crippen molar-refractivity contribution in [1.29, 1.82) is 0 Å². The van der Waals surface area contributed by atoms with Crippen LogP contribution in [0.15, 0.2) is 28.8 Å². The van der Waals surface area contributed by atoms with Crippen LogP contribution in [0.1, 0.15) is 41.1 Å². The number of hydrogen-bond donors (Lipinski definition) is 1. The number of rotatable bonds is 2. The second-order valence-electron chi connectivity index (χ2n) is 5.14. The predicted octanol–water partition coefficient (Wildman–Crippen LogP) is 1.83. The van der Waals surface area contributed by atoms with E-state index < -0.39 is 0 Å². The van der Waals surface area contributed by atoms with Gasteiger partial charge in [0.05, 0.1) is 5.92 Å². The van der Waals surface area contributed by atoms with E-state index in [1.165, 1.54) is 11.1 Å². The Balaban J connectivity index is 1.66. The molecule has 4 heteroatoms. The summed E-state index contributed by atoms with van der Waals surface area (Å²) < 4.78 is 5.39. The van der Waals surface area contributed by atoms with Crippen LogP contribution in [-0.4, -0.2) is 23.2 Å². The fraction of sp³-hybridized carbons (Fsp3) is 0.429. The van der Waals surface area contributed by atoms with Crippen LogP contribution in [0.25, 0.3) is 0 Å². The third-order valence-electron chi connectivity index (χ3n) is 4.03. The van der Waals surface area contributed by atoms with Gasteiger partial charge in [0.2, 0.25) is 5.89 Å². The van der Waals surface area contributed by atoms with Gasteiger partial charge in [-0.25, -0.2) is 0 Å². The predicted molar refractivity (Wildman–Crippen MR) is 66.5 cm³/mol. The zero-order valence-corrected chi connectivity index (χ0v) is 10.1. The van der Waals surface area contributed by atoms with Gasteiger partial charge < -0.3 is 9.84 Å². The molecule has 1 unspecified atom stereocenters. The lowest BCUT2D eigenvalue weighted by molar-refractivity contribution is 0.305. The van der Waals surface area contributed by atoms with Gasteiger partial charge in [0, 0.05) is 19.0 Å². The van der Waals surface area contributed by atoms with Crippen molar-refractivity contribution < 1.29 is 4.52 Å². The van der Waals surface area contributed by atoms with Crippen LogP contribution >= 0.6 is 0 Å². The molecule has 2 aromatic rings. The first kappa shape index (κ1) is 10.3. The highest BCUT2D eigenvalue weighted by atomic mass is 16.5. The Morgan fingerprint density at radius 2 is 2.11 bits per heavy atom. The van der Waals surface area contributed by atoms with E-state index in [2.05, 4.69) is 39.7 Å². The zero-order chi connectivity index (χ0) is 11.9. The lowest BCUT2D eigenvalue weighted by Crippen LogP contribution is -2.40. The van der Waals surface area contributed by atoms with Crippen LogP contribution in [0.5, 0.6) is 0 Å². The number of nitrogens with zero attached hydrogens (tertiary/aromatic N) is 2. The molecule has 0 saturated carbocycles. The van der Waals surface area contributed by atoms with Crippen LogP contribution in [0.4, 0.5) is 0 Å². The molecule has 0 bridgehead atoms. The van der Waals surface area contributed by atoms with E-state index in [0.29, 0.717) is 11.8 Å². The molecule has 1 N–H and O–H groups in total. The first-order chi connectivity index (χ1) is 8.92. The molecular weight excluding hydrogens is 226 g/mol. The molecule has 1 aromatic heterocycles. The summed E-state index contributed by atoms with van der Waals surface area (Å²) in [7, 11) is 0. The summed E-state index contributed by atoms with van der Waals surface area (Å²) in [5.74, 6) is 2.41. The minimum absolute atomic E-state index is 0.326. The van der Waals surface area contributed by atoms with Gasteiger partial charge in [0.1, 0.15) is 0 Å². The third kappa shape index (κ3) is 1.49. The van der Waals surface area contributed by atoms with Crippen molar-refractivity contribution in [3.05, 3.63) is 47.1 Å². The molecule has 2 heterocycles. The largest absolute Gasteiger partial charge is 0.339 e. The maximum Gasteiger partial charge on any atom is 0.232 e. The molecule has 1 atom stereocenters. The molecule has 1 aromatic carbocycles. The Bertz CT molecular complexity index is 574. The molecule has 0 amide bonds. The topological polar surface area (TPSA) is 51.0 Å². The molecule has 1 fully saturated rings. The van der Waals surface area contributed by atoms with Crippen LogP contribution in [-0.2, 0) is 6.42 Å². The van der Waals surface area contributed by atoms with Gasteiger partial charge in [0.25, 0.3) is 0 Å². The second-order valence-corrected chi connectivity index (χ2v) is 5.14. The number of nitrogens with one attached hydrogen (secondary N) is 1. The zero-order valence-electron chi connectivity index (χ0n) is 10.1. The van der Waals surface area contributed by atoms with Gasteiger partial charge in [-0.05, 0) is 24.0 Å². The summed E-state index contributed by atoms with van der Waals surface area (Å²) in [6, 6.07) is 8.58. The van der Waals surface area contributed by atoms with E-state index in [0.717, 1.165) is 37.6 Å². The number of hydrogen-bond acceptors (Lipinski definition) is 4. The molecule has 4 nitrogen and oxygen atoms in total. The van der Waals surface area contributed by atoms with Gasteiger partial charge in [-0.1, -0.05) is 29.4 Å². The molecule has 1 aliphatic carbocycles. The van der Waals surface area contributed by atoms with E-state index in [9.17, 15) is 0 Å². The monoisotopic (exact) mass is 241 g/mol. The summed E-state index contributed by atoms with van der Waals surface area (Å²) in [6.45, 7) is 1.92. The van der Waals surface area contributed by atoms with E-state index in [1.54, 1.807) is 0 Å².